The van der Waals surface area contributed by atoms with Gasteiger partial charge in [-0.3, -0.25) is 25.1 Å². The molecule has 0 aliphatic carbocycles. The molecular formula is C60H48N12S2. The molecule has 13 aromatic rings. The number of thiophene rings is 2. The maximum atomic E-state index is 4.68. The topological polar surface area (TPSA) is 156 Å². The number of hydrogen-bond donors (Lipinski definition) is 5. The fourth-order valence-corrected chi connectivity index (χ4v) is 11.6. The fourth-order valence-electron chi connectivity index (χ4n) is 10.1. The maximum absolute atomic E-state index is 4.68. The Hall–Kier alpha value is -8.82. The second-order valence-electron chi connectivity index (χ2n) is 18.9. The predicted molar refractivity (Wildman–Crippen MR) is 304 cm³/mol. The van der Waals surface area contributed by atoms with Gasteiger partial charge in [0.1, 0.15) is 22.7 Å². The predicted octanol–water partition coefficient (Wildman–Crippen LogP) is 14.7. The van der Waals surface area contributed by atoms with Crippen LogP contribution in [0.3, 0.4) is 0 Å². The van der Waals surface area contributed by atoms with Crippen molar-refractivity contribution in [2.45, 2.75) is 19.9 Å². The minimum Gasteiger partial charge on any atom is -0.354 e. The van der Waals surface area contributed by atoms with Gasteiger partial charge in [0.25, 0.3) is 0 Å². The van der Waals surface area contributed by atoms with Gasteiger partial charge in [0, 0.05) is 103 Å². The van der Waals surface area contributed by atoms with Crippen molar-refractivity contribution in [3.63, 3.8) is 0 Å². The Labute approximate surface area is 434 Å². The van der Waals surface area contributed by atoms with Crippen LogP contribution in [0.15, 0.2) is 182 Å². The van der Waals surface area contributed by atoms with E-state index in [1.54, 1.807) is 22.7 Å². The first-order chi connectivity index (χ1) is 36.4. The monoisotopic (exact) mass is 1000 g/mol. The van der Waals surface area contributed by atoms with Crippen LogP contribution in [0.1, 0.15) is 24.5 Å². The van der Waals surface area contributed by atoms with Crippen molar-refractivity contribution in [1.82, 2.24) is 55.2 Å². The average molecular weight is 1000 g/mol. The molecule has 5 N–H and O–H groups in total. The van der Waals surface area contributed by atoms with Crippen LogP contribution in [0.2, 0.25) is 0 Å². The third kappa shape index (κ3) is 8.85. The van der Waals surface area contributed by atoms with E-state index in [9.17, 15) is 0 Å². The molecule has 1 atom stereocenters. The first-order valence-corrected chi connectivity index (χ1v) is 26.3. The van der Waals surface area contributed by atoms with Crippen molar-refractivity contribution in [2.24, 2.45) is 5.92 Å². The summed E-state index contributed by atoms with van der Waals surface area (Å²) in [5, 5.41) is 27.6. The van der Waals surface area contributed by atoms with Crippen LogP contribution in [-0.4, -0.2) is 68.3 Å². The Kier molecular flexibility index (Phi) is 11.8. The third-order valence-corrected chi connectivity index (χ3v) is 15.6. The van der Waals surface area contributed by atoms with Crippen LogP contribution in [-0.2, 0) is 6.54 Å². The van der Waals surface area contributed by atoms with Crippen molar-refractivity contribution >= 4 is 77.9 Å². The lowest BCUT2D eigenvalue weighted by Gasteiger charge is -2.15. The molecule has 12 nitrogen and oxygen atoms in total. The Morgan fingerprint density at radius 2 is 1.22 bits per heavy atom. The van der Waals surface area contributed by atoms with Crippen molar-refractivity contribution in [3.05, 3.63) is 193 Å². The molecule has 14 heteroatoms. The first kappa shape index (κ1) is 45.1. The van der Waals surface area contributed by atoms with Crippen LogP contribution in [0.25, 0.3) is 115 Å². The van der Waals surface area contributed by atoms with Gasteiger partial charge in [-0.2, -0.15) is 10.2 Å². The molecule has 1 unspecified atom stereocenters. The van der Waals surface area contributed by atoms with Gasteiger partial charge in [0.15, 0.2) is 0 Å². The minimum absolute atomic E-state index is 0.782. The largest absolute Gasteiger partial charge is 0.354 e. The van der Waals surface area contributed by atoms with Gasteiger partial charge in [-0.25, -0.2) is 9.97 Å². The molecule has 3 aromatic carbocycles. The van der Waals surface area contributed by atoms with E-state index < -0.39 is 0 Å². The Morgan fingerprint density at radius 3 is 1.78 bits per heavy atom. The highest BCUT2D eigenvalue weighted by Gasteiger charge is 2.20. The Morgan fingerprint density at radius 1 is 0.622 bits per heavy atom. The zero-order valence-electron chi connectivity index (χ0n) is 40.3. The molecule has 1 aliphatic heterocycles. The highest BCUT2D eigenvalue weighted by atomic mass is 32.1. The summed E-state index contributed by atoms with van der Waals surface area (Å²) in [5.41, 5.74) is 18.0. The summed E-state index contributed by atoms with van der Waals surface area (Å²) < 4.78 is 0. The van der Waals surface area contributed by atoms with Gasteiger partial charge in [0.2, 0.25) is 0 Å². The van der Waals surface area contributed by atoms with E-state index in [0.29, 0.717) is 0 Å². The molecule has 74 heavy (non-hydrogen) atoms. The van der Waals surface area contributed by atoms with Crippen LogP contribution in [0.4, 0.5) is 5.69 Å². The molecule has 0 amide bonds. The second-order valence-corrected chi connectivity index (χ2v) is 20.8. The van der Waals surface area contributed by atoms with E-state index in [-0.39, 0.29) is 0 Å². The SMILES string of the molecule is C=C(Nc1cncc(-c2ccc3[nH]nc(-c4cc5c(-c6cccs6)ccnc5[nH]4)c3c2)c1)c1ccccc1.CC1CCN(Cc2cncc(-c3ccc4[nH]nc(-c5cc6c(-c7cccs7)ccnc6[nH]5)c4c3)c2)C1. The van der Waals surface area contributed by atoms with Crippen LogP contribution in [0.5, 0.6) is 0 Å². The average Bonchev–Trinajstić information content (AvgIpc) is 4.30. The summed E-state index contributed by atoms with van der Waals surface area (Å²) in [6.07, 6.45) is 12.6. The number of nitrogens with one attached hydrogen (secondary N) is 5. The lowest BCUT2D eigenvalue weighted by atomic mass is 10.0. The number of hydrogen-bond acceptors (Lipinski definition) is 10. The summed E-state index contributed by atoms with van der Waals surface area (Å²) in [4.78, 5) is 30.2. The van der Waals surface area contributed by atoms with Gasteiger partial charge in [-0.05, 0) is 125 Å². The molecule has 1 fully saturated rings. The third-order valence-electron chi connectivity index (χ3n) is 13.8. The molecule has 0 spiro atoms. The molecule has 0 saturated carbocycles. The number of benzene rings is 3. The molecule has 360 valence electrons. The molecule has 14 rings (SSSR count). The van der Waals surface area contributed by atoms with Gasteiger partial charge in [0.05, 0.1) is 34.3 Å². The Balaban J connectivity index is 0.000000143. The van der Waals surface area contributed by atoms with Crippen molar-refractivity contribution in [1.29, 1.82) is 0 Å². The molecular weight excluding hydrogens is 953 g/mol. The number of likely N-dealkylation sites (tertiary alicyclic amines) is 1. The van der Waals surface area contributed by atoms with Gasteiger partial charge in [-0.1, -0.05) is 68.1 Å². The number of nitrogens with zero attached hydrogens (tertiary/aromatic N) is 7. The first-order valence-electron chi connectivity index (χ1n) is 24.6. The summed E-state index contributed by atoms with van der Waals surface area (Å²) in [6, 6.07) is 44.1. The highest BCUT2D eigenvalue weighted by molar-refractivity contribution is 7.14. The second kappa shape index (κ2) is 19.3. The van der Waals surface area contributed by atoms with Gasteiger partial charge in [-0.15, -0.1) is 22.7 Å². The molecule has 0 bridgehead atoms. The summed E-state index contributed by atoms with van der Waals surface area (Å²) in [6.45, 7) is 9.81. The van der Waals surface area contributed by atoms with E-state index >= 15 is 0 Å². The summed E-state index contributed by atoms with van der Waals surface area (Å²) in [7, 11) is 0. The summed E-state index contributed by atoms with van der Waals surface area (Å²) >= 11 is 3.46. The van der Waals surface area contributed by atoms with Crippen molar-refractivity contribution in [2.75, 3.05) is 18.4 Å². The number of fused-ring (bicyclic) bond motifs is 4. The summed E-state index contributed by atoms with van der Waals surface area (Å²) in [5.74, 6) is 0.782. The smallest absolute Gasteiger partial charge is 0.138 e. The number of aromatic nitrogens is 10. The van der Waals surface area contributed by atoms with Crippen LogP contribution in [0, 0.1) is 5.92 Å². The molecule has 11 heterocycles. The molecule has 10 aromatic heterocycles. The number of aromatic amines is 4. The number of pyridine rings is 4. The number of anilines is 1. The van der Waals surface area contributed by atoms with Gasteiger partial charge >= 0.3 is 0 Å². The quantitative estimate of drug-likeness (QED) is 0.0858. The van der Waals surface area contributed by atoms with Crippen molar-refractivity contribution < 1.29 is 0 Å². The van der Waals surface area contributed by atoms with Crippen LogP contribution < -0.4 is 5.32 Å². The zero-order valence-corrected chi connectivity index (χ0v) is 41.9. The van der Waals surface area contributed by atoms with E-state index in [4.69, 9.17) is 0 Å². The standard InChI is InChI=1S/C31H22N6S.C29H26N6S/c1-19(20-6-3-2-4-7-20)34-23-14-22(17-32-18-23)21-9-10-27-26(15-21)30(37-36-27)28-16-25-24(29-8-5-13-38-29)11-12-33-31(25)35-28;1-18-7-9-35(16-18)17-19-11-21(15-30-14-19)20-4-5-25-24(12-20)28(34-33-25)26-13-23-22(27-3-2-10-36-27)6-8-31-29(23)32-26/h2-18,34H,1H2,(H,33,35)(H,36,37);2-6,8,10-15,18H,7,9,16-17H2,1H3,(H,31,32)(H,33,34). The van der Waals surface area contributed by atoms with E-state index in [1.807, 2.05) is 67.5 Å². The normalized spacial score (nSPS) is 13.8. The molecule has 1 saturated heterocycles. The molecule has 0 radical (unpaired) electrons. The maximum Gasteiger partial charge on any atom is 0.138 e. The highest BCUT2D eigenvalue weighted by Crippen LogP contribution is 2.38. The Bertz CT molecular complexity index is 4130. The fraction of sp³-hybridized carbons (Fsp3) is 0.100. The number of rotatable bonds is 11. The zero-order chi connectivity index (χ0) is 49.5. The minimum atomic E-state index is 0.782. The number of H-pyrrole nitrogens is 4. The lowest BCUT2D eigenvalue weighted by Crippen LogP contribution is -2.19. The van der Waals surface area contributed by atoms with E-state index in [2.05, 4.69) is 182 Å². The van der Waals surface area contributed by atoms with E-state index in [0.717, 1.165) is 118 Å². The van der Waals surface area contributed by atoms with Gasteiger partial charge < -0.3 is 15.3 Å². The van der Waals surface area contributed by atoms with Crippen LogP contribution >= 0.6 is 22.7 Å². The molecule has 1 aliphatic rings. The van der Waals surface area contributed by atoms with Crippen molar-refractivity contribution in [3.8, 4) is 65.9 Å². The van der Waals surface area contributed by atoms with E-state index in [1.165, 1.54) is 46.0 Å². The lowest BCUT2D eigenvalue weighted by molar-refractivity contribution is 0.320.